The monoisotopic (exact) mass is 334 g/mol. The highest BCUT2D eigenvalue weighted by Gasteiger charge is 2.34. The van der Waals surface area contributed by atoms with Crippen LogP contribution >= 0.6 is 0 Å². The van der Waals surface area contributed by atoms with Gasteiger partial charge in [-0.15, -0.1) is 0 Å². The summed E-state index contributed by atoms with van der Waals surface area (Å²) in [5.41, 5.74) is 3.14. The molecule has 0 aliphatic carbocycles. The maximum Gasteiger partial charge on any atom is 0.308 e. The van der Waals surface area contributed by atoms with Gasteiger partial charge in [-0.2, -0.15) is 0 Å². The molecule has 3 aromatic rings. The summed E-state index contributed by atoms with van der Waals surface area (Å²) in [5.74, 6) is 0.0421. The van der Waals surface area contributed by atoms with E-state index in [1.165, 1.54) is 0 Å². The third-order valence-electron chi connectivity index (χ3n) is 5.36. The molecule has 2 aromatic heterocycles. The van der Waals surface area contributed by atoms with Gasteiger partial charge in [0.2, 0.25) is 0 Å². The Hall–Kier alpha value is -2.89. The van der Waals surface area contributed by atoms with Crippen LogP contribution in [0.25, 0.3) is 22.0 Å². The zero-order valence-corrected chi connectivity index (χ0v) is 13.7. The SMILES string of the molecule is O=C(O)C1CC2CN(C1)c1ncnc3cccc(c13)-c1ccn(c1)C2. The first-order valence-electron chi connectivity index (χ1n) is 8.56. The molecular weight excluding hydrogens is 316 g/mol. The minimum atomic E-state index is -0.724. The molecular formula is C19H18N4O2. The highest BCUT2D eigenvalue weighted by Crippen LogP contribution is 2.37. The molecule has 1 saturated heterocycles. The number of piperidine rings is 1. The Labute approximate surface area is 144 Å². The quantitative estimate of drug-likeness (QED) is 0.741. The van der Waals surface area contributed by atoms with E-state index in [2.05, 4.69) is 44.0 Å². The second kappa shape index (κ2) is 5.31. The van der Waals surface area contributed by atoms with Gasteiger partial charge in [-0.1, -0.05) is 12.1 Å². The van der Waals surface area contributed by atoms with E-state index in [0.717, 1.165) is 40.9 Å². The highest BCUT2D eigenvalue weighted by molar-refractivity contribution is 6.02. The van der Waals surface area contributed by atoms with Crippen molar-refractivity contribution in [2.24, 2.45) is 11.8 Å². The van der Waals surface area contributed by atoms with E-state index in [-0.39, 0.29) is 11.8 Å². The number of benzene rings is 1. The van der Waals surface area contributed by atoms with E-state index < -0.39 is 5.97 Å². The lowest BCUT2D eigenvalue weighted by molar-refractivity contribution is -0.142. The number of anilines is 1. The maximum atomic E-state index is 11.7. The van der Waals surface area contributed by atoms with Crippen LogP contribution < -0.4 is 4.90 Å². The van der Waals surface area contributed by atoms with Crippen molar-refractivity contribution < 1.29 is 9.90 Å². The van der Waals surface area contributed by atoms with Crippen molar-refractivity contribution >= 4 is 22.7 Å². The molecule has 126 valence electrons. The number of hydrogen-bond acceptors (Lipinski definition) is 4. The lowest BCUT2D eigenvalue weighted by Gasteiger charge is -2.38. The molecule has 1 aromatic carbocycles. The minimum Gasteiger partial charge on any atom is -0.481 e. The first-order chi connectivity index (χ1) is 12.2. The zero-order valence-electron chi connectivity index (χ0n) is 13.7. The van der Waals surface area contributed by atoms with Crippen molar-refractivity contribution in [2.45, 2.75) is 13.0 Å². The lowest BCUT2D eigenvalue weighted by atomic mass is 9.88. The molecule has 0 spiro atoms. The van der Waals surface area contributed by atoms with Crippen LogP contribution in [-0.4, -0.2) is 38.7 Å². The van der Waals surface area contributed by atoms with E-state index in [9.17, 15) is 9.90 Å². The molecule has 25 heavy (non-hydrogen) atoms. The third kappa shape index (κ3) is 2.28. The summed E-state index contributed by atoms with van der Waals surface area (Å²) in [6.45, 7) is 2.15. The van der Waals surface area contributed by atoms with Crippen molar-refractivity contribution in [3.8, 4) is 11.1 Å². The van der Waals surface area contributed by atoms with Crippen LogP contribution in [0.5, 0.6) is 0 Å². The van der Waals surface area contributed by atoms with Crippen molar-refractivity contribution in [1.82, 2.24) is 14.5 Å². The van der Waals surface area contributed by atoms with Gasteiger partial charge in [-0.3, -0.25) is 4.79 Å². The fourth-order valence-corrected chi connectivity index (χ4v) is 4.27. The van der Waals surface area contributed by atoms with Gasteiger partial charge in [0, 0.05) is 37.6 Å². The molecule has 6 heteroatoms. The Morgan fingerprint density at radius 2 is 2.08 bits per heavy atom. The van der Waals surface area contributed by atoms with Crippen LogP contribution in [0, 0.1) is 11.8 Å². The Balaban J connectivity index is 1.78. The van der Waals surface area contributed by atoms with Gasteiger partial charge in [-0.05, 0) is 30.0 Å². The molecule has 2 atom stereocenters. The van der Waals surface area contributed by atoms with Crippen LogP contribution in [0.15, 0.2) is 43.0 Å². The highest BCUT2D eigenvalue weighted by atomic mass is 16.4. The van der Waals surface area contributed by atoms with E-state index in [1.807, 2.05) is 12.1 Å². The Kier molecular flexibility index (Phi) is 3.07. The Morgan fingerprint density at radius 1 is 1.16 bits per heavy atom. The smallest absolute Gasteiger partial charge is 0.308 e. The number of aromatic nitrogens is 3. The second-order valence-corrected chi connectivity index (χ2v) is 7.04. The standard InChI is InChI=1S/C19H18N4O2/c24-19(25)14-6-12-7-22-5-4-13(9-22)15-2-1-3-16-17(15)18(21-11-20-16)23(8-12)10-14/h1-5,9,11-12,14H,6-8,10H2,(H,24,25). The molecule has 2 unspecified atom stereocenters. The van der Waals surface area contributed by atoms with Gasteiger partial charge in [0.1, 0.15) is 12.1 Å². The number of carbonyl (C=O) groups is 1. The first-order valence-corrected chi connectivity index (χ1v) is 8.56. The Bertz CT molecular complexity index is 975. The van der Waals surface area contributed by atoms with Crippen molar-refractivity contribution in [1.29, 1.82) is 0 Å². The van der Waals surface area contributed by atoms with Crippen LogP contribution in [0.3, 0.4) is 0 Å². The molecule has 4 heterocycles. The third-order valence-corrected chi connectivity index (χ3v) is 5.36. The van der Waals surface area contributed by atoms with E-state index in [4.69, 9.17) is 0 Å². The predicted octanol–water partition coefficient (Wildman–Crippen LogP) is 2.64. The van der Waals surface area contributed by atoms with Crippen LogP contribution in [0.2, 0.25) is 0 Å². The number of carboxylic acid groups (broad SMARTS) is 1. The van der Waals surface area contributed by atoms with Gasteiger partial charge in [0.05, 0.1) is 16.8 Å². The molecule has 5 rings (SSSR count). The van der Waals surface area contributed by atoms with Crippen LogP contribution in [-0.2, 0) is 11.3 Å². The second-order valence-electron chi connectivity index (χ2n) is 7.04. The number of aliphatic carboxylic acids is 1. The van der Waals surface area contributed by atoms with Crippen LogP contribution in [0.1, 0.15) is 6.42 Å². The summed E-state index contributed by atoms with van der Waals surface area (Å²) >= 11 is 0. The molecule has 2 aliphatic heterocycles. The summed E-state index contributed by atoms with van der Waals surface area (Å²) in [7, 11) is 0. The Morgan fingerprint density at radius 3 is 2.96 bits per heavy atom. The molecule has 0 radical (unpaired) electrons. The van der Waals surface area contributed by atoms with E-state index in [0.29, 0.717) is 13.0 Å². The number of carboxylic acids is 1. The molecule has 2 aliphatic rings. The van der Waals surface area contributed by atoms with Gasteiger partial charge in [-0.25, -0.2) is 9.97 Å². The zero-order chi connectivity index (χ0) is 17.0. The number of nitrogens with zero attached hydrogens (tertiary/aromatic N) is 4. The molecule has 1 fully saturated rings. The van der Waals surface area contributed by atoms with Gasteiger partial charge < -0.3 is 14.6 Å². The summed E-state index contributed by atoms with van der Waals surface area (Å²) in [5, 5.41) is 10.6. The molecule has 4 bridgehead atoms. The average molecular weight is 334 g/mol. The molecule has 6 nitrogen and oxygen atoms in total. The first kappa shape index (κ1) is 14.5. The summed E-state index contributed by atoms with van der Waals surface area (Å²) in [6, 6.07) is 8.21. The average Bonchev–Trinajstić information content (AvgIpc) is 3.07. The van der Waals surface area contributed by atoms with Gasteiger partial charge in [0.15, 0.2) is 0 Å². The maximum absolute atomic E-state index is 11.7. The fraction of sp³-hybridized carbons (Fsp3) is 0.316. The summed E-state index contributed by atoms with van der Waals surface area (Å²) < 4.78 is 2.18. The van der Waals surface area contributed by atoms with Crippen molar-refractivity contribution in [3.05, 3.63) is 43.0 Å². The largest absolute Gasteiger partial charge is 0.481 e. The minimum absolute atomic E-state index is 0.283. The van der Waals surface area contributed by atoms with E-state index >= 15 is 0 Å². The van der Waals surface area contributed by atoms with Gasteiger partial charge >= 0.3 is 5.97 Å². The fourth-order valence-electron chi connectivity index (χ4n) is 4.27. The predicted molar refractivity (Wildman–Crippen MR) is 94.4 cm³/mol. The topological polar surface area (TPSA) is 71.2 Å². The van der Waals surface area contributed by atoms with Gasteiger partial charge in [0.25, 0.3) is 0 Å². The van der Waals surface area contributed by atoms with E-state index in [1.54, 1.807) is 6.33 Å². The van der Waals surface area contributed by atoms with Crippen LogP contribution in [0.4, 0.5) is 5.82 Å². The normalized spacial score (nSPS) is 22.0. The van der Waals surface area contributed by atoms with Crippen molar-refractivity contribution in [3.63, 3.8) is 0 Å². The lowest BCUT2D eigenvalue weighted by Crippen LogP contribution is -2.45. The summed E-state index contributed by atoms with van der Waals surface area (Å²) in [6.07, 6.45) is 6.51. The number of fused-ring (bicyclic) bond motifs is 6. The molecule has 1 N–H and O–H groups in total. The number of hydrogen-bond donors (Lipinski definition) is 1. The number of rotatable bonds is 1. The molecule has 0 amide bonds. The summed E-state index contributed by atoms with van der Waals surface area (Å²) in [4.78, 5) is 22.8. The van der Waals surface area contributed by atoms with Crippen molar-refractivity contribution in [2.75, 3.05) is 18.0 Å². The molecule has 0 saturated carbocycles.